The lowest BCUT2D eigenvalue weighted by Crippen LogP contribution is -2.49. The second-order valence-electron chi connectivity index (χ2n) is 7.67. The number of Topliss-reactive ketones (excluding diaryl/α,β-unsaturated/α-hetero) is 1. The number of ketones is 1. The molecule has 2 fully saturated rings. The summed E-state index contributed by atoms with van der Waals surface area (Å²) in [6, 6.07) is 0. The van der Waals surface area contributed by atoms with Crippen LogP contribution in [0.3, 0.4) is 0 Å². The van der Waals surface area contributed by atoms with E-state index in [1.807, 2.05) is 0 Å². The van der Waals surface area contributed by atoms with Gasteiger partial charge in [-0.3, -0.25) is 4.79 Å². The van der Waals surface area contributed by atoms with Gasteiger partial charge in [-0.2, -0.15) is 4.79 Å². The molecule has 7 heteroatoms. The molecule has 0 aromatic carbocycles. The second-order valence-corrected chi connectivity index (χ2v) is 12.4. The van der Waals surface area contributed by atoms with Crippen LogP contribution in [0.2, 0.25) is 18.1 Å². The van der Waals surface area contributed by atoms with Crippen molar-refractivity contribution in [3.63, 3.8) is 0 Å². The molecule has 0 aromatic rings. The van der Waals surface area contributed by atoms with Gasteiger partial charge >= 0.3 is 5.71 Å². The second kappa shape index (κ2) is 4.83. The van der Waals surface area contributed by atoms with E-state index in [9.17, 15) is 10.3 Å². The Balaban J connectivity index is 2.33. The maximum absolute atomic E-state index is 12.3. The lowest BCUT2D eigenvalue weighted by molar-refractivity contribution is -0.162. The predicted octanol–water partition coefficient (Wildman–Crippen LogP) is 2.15. The summed E-state index contributed by atoms with van der Waals surface area (Å²) in [6.07, 6.45) is -1.97. The van der Waals surface area contributed by atoms with Crippen LogP contribution in [0.15, 0.2) is 0 Å². The minimum absolute atomic E-state index is 0.00493. The van der Waals surface area contributed by atoms with Crippen molar-refractivity contribution in [1.82, 2.24) is 0 Å². The molecule has 1 saturated carbocycles. The van der Waals surface area contributed by atoms with Crippen molar-refractivity contribution in [2.24, 2.45) is 0 Å². The molecule has 0 radical (unpaired) electrons. The Morgan fingerprint density at radius 1 is 1.29 bits per heavy atom. The molecule has 118 valence electrons. The highest BCUT2D eigenvalue weighted by molar-refractivity contribution is 6.74. The number of ether oxygens (including phenoxy) is 2. The summed E-state index contributed by atoms with van der Waals surface area (Å²) in [5.74, 6) is -1.18. The molecule has 0 aromatic heterocycles. The van der Waals surface area contributed by atoms with E-state index in [0.717, 1.165) is 0 Å². The van der Waals surface area contributed by atoms with Crippen LogP contribution in [0.5, 0.6) is 0 Å². The molecule has 6 nitrogen and oxygen atoms in total. The van der Waals surface area contributed by atoms with E-state index in [1.54, 1.807) is 13.8 Å². The van der Waals surface area contributed by atoms with Gasteiger partial charge in [-0.15, -0.1) is 0 Å². The first kappa shape index (κ1) is 16.5. The van der Waals surface area contributed by atoms with Crippen molar-refractivity contribution < 1.29 is 23.5 Å². The molecule has 3 atom stereocenters. The standard InChI is InChI=1S/C14H24N2O4Si/c1-13(2,3)21(6,7)20-10-8(16-15)9(17)11-12(10)19-14(4,5)18-11/h10-12H,1-7H3/t10-,11+,12-/m1/s1. The van der Waals surface area contributed by atoms with E-state index in [-0.39, 0.29) is 16.5 Å². The number of hydrogen-bond donors (Lipinski definition) is 0. The molecule has 0 bridgehead atoms. The van der Waals surface area contributed by atoms with Crippen LogP contribution >= 0.6 is 0 Å². The summed E-state index contributed by atoms with van der Waals surface area (Å²) in [5.41, 5.74) is 9.19. The fourth-order valence-corrected chi connectivity index (χ4v) is 3.61. The molecule has 1 aliphatic heterocycles. The molecule has 1 aliphatic carbocycles. The van der Waals surface area contributed by atoms with E-state index >= 15 is 0 Å². The summed E-state index contributed by atoms with van der Waals surface area (Å²) >= 11 is 0. The minimum Gasteiger partial charge on any atom is -0.401 e. The quantitative estimate of drug-likeness (QED) is 0.444. The predicted molar refractivity (Wildman–Crippen MR) is 79.5 cm³/mol. The number of carbonyl (C=O) groups excluding carboxylic acids is 1. The van der Waals surface area contributed by atoms with Crippen molar-refractivity contribution in [2.45, 2.75) is 76.8 Å². The highest BCUT2D eigenvalue weighted by Gasteiger charge is 2.63. The molecule has 0 unspecified atom stereocenters. The first-order chi connectivity index (χ1) is 9.39. The maximum atomic E-state index is 12.3. The topological polar surface area (TPSA) is 81.2 Å². The Bertz CT molecular complexity index is 518. The Morgan fingerprint density at radius 3 is 2.33 bits per heavy atom. The summed E-state index contributed by atoms with van der Waals surface area (Å²) in [4.78, 5) is 15.4. The van der Waals surface area contributed by atoms with Gasteiger partial charge in [0.2, 0.25) is 0 Å². The van der Waals surface area contributed by atoms with Crippen molar-refractivity contribution in [3.8, 4) is 0 Å². The van der Waals surface area contributed by atoms with Gasteiger partial charge < -0.3 is 19.4 Å². The summed E-state index contributed by atoms with van der Waals surface area (Å²) < 4.78 is 17.7. The van der Waals surface area contributed by atoms with Crippen molar-refractivity contribution >= 4 is 19.8 Å². The normalized spacial score (nSPS) is 32.2. The van der Waals surface area contributed by atoms with E-state index in [1.165, 1.54) is 0 Å². The van der Waals surface area contributed by atoms with E-state index < -0.39 is 32.4 Å². The molecule has 21 heavy (non-hydrogen) atoms. The molecule has 0 N–H and O–H groups in total. The van der Waals surface area contributed by atoms with Gasteiger partial charge in [-0.1, -0.05) is 20.8 Å². The van der Waals surface area contributed by atoms with Crippen molar-refractivity contribution in [3.05, 3.63) is 5.53 Å². The Morgan fingerprint density at radius 2 is 1.86 bits per heavy atom. The summed E-state index contributed by atoms with van der Waals surface area (Å²) in [6.45, 7) is 14.0. The van der Waals surface area contributed by atoms with Gasteiger partial charge in [0.15, 0.2) is 26.3 Å². The monoisotopic (exact) mass is 312 g/mol. The van der Waals surface area contributed by atoms with Gasteiger partial charge in [-0.25, -0.2) is 0 Å². The zero-order chi connectivity index (χ0) is 16.2. The Kier molecular flexibility index (Phi) is 3.80. The number of hydrogen-bond acceptors (Lipinski definition) is 4. The average Bonchev–Trinajstić information content (AvgIpc) is 2.72. The zero-order valence-electron chi connectivity index (χ0n) is 13.8. The van der Waals surface area contributed by atoms with Crippen molar-refractivity contribution in [1.29, 1.82) is 0 Å². The fourth-order valence-electron chi connectivity index (χ4n) is 2.38. The lowest BCUT2D eigenvalue weighted by atomic mass is 10.2. The number of fused-ring (bicyclic) bond motifs is 1. The molecular formula is C14H24N2O4Si. The third kappa shape index (κ3) is 2.76. The third-order valence-corrected chi connectivity index (χ3v) is 9.00. The van der Waals surface area contributed by atoms with Crippen molar-refractivity contribution in [2.75, 3.05) is 0 Å². The molecule has 0 spiro atoms. The summed E-state index contributed by atoms with van der Waals surface area (Å²) in [5, 5.41) is -0.0241. The van der Waals surface area contributed by atoms with E-state index in [0.29, 0.717) is 0 Å². The van der Waals surface area contributed by atoms with Crippen LogP contribution in [-0.2, 0) is 18.7 Å². The molecule has 2 rings (SSSR count). The maximum Gasteiger partial charge on any atom is 0.367 e. The third-order valence-electron chi connectivity index (χ3n) is 4.54. The minimum atomic E-state index is -2.14. The first-order valence-corrected chi connectivity index (χ1v) is 10.1. The fraction of sp³-hybridized carbons (Fsp3) is 0.857. The number of carbonyl (C=O) groups is 1. The molecule has 0 amide bonds. The van der Waals surface area contributed by atoms with Crippen LogP contribution in [0.4, 0.5) is 0 Å². The summed E-state index contributed by atoms with van der Waals surface area (Å²) in [7, 11) is -2.14. The van der Waals surface area contributed by atoms with Gasteiger partial charge in [0.25, 0.3) is 5.78 Å². The first-order valence-electron chi connectivity index (χ1n) is 7.19. The SMILES string of the molecule is CC1(C)O[C@@H]2[C@H](O[Si](C)(C)C(C)(C)C)C(=[N+]=[N-])C(=O)[C@@H]2O1. The molecule has 1 heterocycles. The Labute approximate surface area is 126 Å². The van der Waals surface area contributed by atoms with Crippen LogP contribution in [0.25, 0.3) is 5.53 Å². The highest BCUT2D eigenvalue weighted by atomic mass is 28.4. The number of nitrogens with zero attached hydrogens (tertiary/aromatic N) is 2. The molecule has 2 aliphatic rings. The van der Waals surface area contributed by atoms with Crippen LogP contribution in [0, 0.1) is 0 Å². The smallest absolute Gasteiger partial charge is 0.367 e. The van der Waals surface area contributed by atoms with Gasteiger partial charge in [0.1, 0.15) is 6.10 Å². The van der Waals surface area contributed by atoms with E-state index in [2.05, 4.69) is 38.7 Å². The van der Waals surface area contributed by atoms with Crippen LogP contribution < -0.4 is 0 Å². The average molecular weight is 312 g/mol. The lowest BCUT2D eigenvalue weighted by Gasteiger charge is -2.38. The van der Waals surface area contributed by atoms with Crippen LogP contribution in [-0.4, -0.2) is 48.7 Å². The zero-order valence-corrected chi connectivity index (χ0v) is 14.8. The largest absolute Gasteiger partial charge is 0.401 e. The number of rotatable bonds is 2. The Hall–Kier alpha value is -0.853. The highest BCUT2D eigenvalue weighted by Crippen LogP contribution is 2.42. The molecule has 1 saturated heterocycles. The van der Waals surface area contributed by atoms with Gasteiger partial charge in [0, 0.05) is 0 Å². The van der Waals surface area contributed by atoms with Crippen LogP contribution in [0.1, 0.15) is 34.6 Å². The van der Waals surface area contributed by atoms with Gasteiger partial charge in [-0.05, 0) is 32.0 Å². The van der Waals surface area contributed by atoms with E-state index in [4.69, 9.17) is 13.9 Å². The molecular weight excluding hydrogens is 288 g/mol. The van der Waals surface area contributed by atoms with Gasteiger partial charge in [0.05, 0.1) is 0 Å².